The Bertz CT molecular complexity index is 655. The molecule has 9 heteroatoms. The van der Waals surface area contributed by atoms with E-state index in [1.807, 2.05) is 16.8 Å². The lowest BCUT2D eigenvalue weighted by molar-refractivity contribution is -0.141. The molecule has 7 nitrogen and oxygen atoms in total. The maximum Gasteiger partial charge on any atom is 0.323 e. The maximum atomic E-state index is 12.0. The van der Waals surface area contributed by atoms with Crippen LogP contribution in [0.3, 0.4) is 0 Å². The van der Waals surface area contributed by atoms with Crippen molar-refractivity contribution >= 4 is 39.8 Å². The number of carbonyl (C=O) groups is 2. The Kier molecular flexibility index (Phi) is 3.84. The van der Waals surface area contributed by atoms with Crippen molar-refractivity contribution < 1.29 is 14.7 Å². The second-order valence-electron chi connectivity index (χ2n) is 4.62. The van der Waals surface area contributed by atoms with Crippen molar-refractivity contribution in [3.8, 4) is 10.6 Å². The van der Waals surface area contributed by atoms with Crippen LogP contribution in [0.1, 0.15) is 6.42 Å². The Morgan fingerprint density at radius 1 is 1.43 bits per heavy atom. The van der Waals surface area contributed by atoms with Gasteiger partial charge in [-0.25, -0.2) is 4.79 Å². The number of anilines is 1. The molecule has 21 heavy (non-hydrogen) atoms. The molecule has 0 aliphatic carbocycles. The van der Waals surface area contributed by atoms with Crippen molar-refractivity contribution in [3.63, 3.8) is 0 Å². The van der Waals surface area contributed by atoms with E-state index >= 15 is 0 Å². The number of likely N-dealkylation sites (tertiary alicyclic amines) is 1. The van der Waals surface area contributed by atoms with Crippen LogP contribution < -0.4 is 5.32 Å². The summed E-state index contributed by atoms with van der Waals surface area (Å²) in [5, 5.41) is 24.6. The van der Waals surface area contributed by atoms with Gasteiger partial charge in [0.05, 0.1) is 5.92 Å². The van der Waals surface area contributed by atoms with Crippen LogP contribution in [0, 0.1) is 5.92 Å². The molecule has 2 aromatic heterocycles. The Morgan fingerprint density at radius 2 is 2.29 bits per heavy atom. The molecule has 3 heterocycles. The summed E-state index contributed by atoms with van der Waals surface area (Å²) in [5.41, 5.74) is 0.977. The normalized spacial score (nSPS) is 17.9. The fraction of sp³-hybridized carbons (Fsp3) is 0.333. The fourth-order valence-electron chi connectivity index (χ4n) is 2.09. The van der Waals surface area contributed by atoms with Gasteiger partial charge in [-0.3, -0.25) is 10.1 Å². The summed E-state index contributed by atoms with van der Waals surface area (Å²) in [5.74, 6) is -1.34. The Labute approximate surface area is 128 Å². The molecule has 2 aromatic rings. The van der Waals surface area contributed by atoms with Gasteiger partial charge >= 0.3 is 12.0 Å². The molecule has 1 aliphatic rings. The third kappa shape index (κ3) is 3.03. The number of rotatable bonds is 3. The maximum absolute atomic E-state index is 12.0. The van der Waals surface area contributed by atoms with E-state index in [9.17, 15) is 9.59 Å². The van der Waals surface area contributed by atoms with Gasteiger partial charge in [-0.05, 0) is 17.9 Å². The van der Waals surface area contributed by atoms with Crippen LogP contribution in [0.4, 0.5) is 9.93 Å². The third-order valence-electron chi connectivity index (χ3n) is 3.23. The predicted octanol–water partition coefficient (Wildman–Crippen LogP) is 2.21. The lowest BCUT2D eigenvalue weighted by Crippen LogP contribution is -2.33. The summed E-state index contributed by atoms with van der Waals surface area (Å²) in [4.78, 5) is 24.4. The zero-order valence-electron chi connectivity index (χ0n) is 10.9. The van der Waals surface area contributed by atoms with E-state index in [1.54, 1.807) is 11.3 Å². The number of carbonyl (C=O) groups excluding carboxylic acids is 1. The summed E-state index contributed by atoms with van der Waals surface area (Å²) < 4.78 is 0. The van der Waals surface area contributed by atoms with Crippen molar-refractivity contribution in [3.05, 3.63) is 16.8 Å². The van der Waals surface area contributed by atoms with Crippen molar-refractivity contribution in [1.82, 2.24) is 15.1 Å². The van der Waals surface area contributed by atoms with Gasteiger partial charge in [-0.2, -0.15) is 11.3 Å². The number of nitrogens with zero attached hydrogens (tertiary/aromatic N) is 3. The van der Waals surface area contributed by atoms with Crippen molar-refractivity contribution in [2.24, 2.45) is 5.92 Å². The average molecular weight is 324 g/mol. The van der Waals surface area contributed by atoms with Crippen LogP contribution in [0.25, 0.3) is 10.6 Å². The number of amides is 2. The monoisotopic (exact) mass is 324 g/mol. The van der Waals surface area contributed by atoms with Crippen LogP contribution in [-0.4, -0.2) is 45.3 Å². The van der Waals surface area contributed by atoms with Crippen molar-refractivity contribution in [1.29, 1.82) is 0 Å². The van der Waals surface area contributed by atoms with Gasteiger partial charge in [0.1, 0.15) is 5.01 Å². The lowest BCUT2D eigenvalue weighted by Gasteiger charge is -2.14. The highest BCUT2D eigenvalue weighted by Crippen LogP contribution is 2.28. The number of urea groups is 1. The number of thiophene rings is 1. The summed E-state index contributed by atoms with van der Waals surface area (Å²) in [6.07, 6.45) is 0.485. The molecule has 2 N–H and O–H groups in total. The second kappa shape index (κ2) is 5.78. The van der Waals surface area contributed by atoms with Crippen LogP contribution >= 0.6 is 22.7 Å². The van der Waals surface area contributed by atoms with Crippen LogP contribution in [0.15, 0.2) is 16.8 Å². The molecule has 3 rings (SSSR count). The Hall–Kier alpha value is -2.00. The predicted molar refractivity (Wildman–Crippen MR) is 79.6 cm³/mol. The molecular formula is C12H12N4O3S2. The van der Waals surface area contributed by atoms with Gasteiger partial charge in [0.15, 0.2) is 0 Å². The fourth-order valence-corrected chi connectivity index (χ4v) is 3.54. The first-order valence-corrected chi connectivity index (χ1v) is 8.04. The minimum atomic E-state index is -0.860. The minimum Gasteiger partial charge on any atom is -0.481 e. The van der Waals surface area contributed by atoms with E-state index < -0.39 is 11.9 Å². The molecule has 0 saturated carbocycles. The van der Waals surface area contributed by atoms with Gasteiger partial charge in [-0.15, -0.1) is 10.2 Å². The summed E-state index contributed by atoms with van der Waals surface area (Å²) in [7, 11) is 0. The van der Waals surface area contributed by atoms with Gasteiger partial charge in [0.2, 0.25) is 5.13 Å². The summed E-state index contributed by atoms with van der Waals surface area (Å²) in [6.45, 7) is 0.677. The first-order chi connectivity index (χ1) is 10.1. The zero-order chi connectivity index (χ0) is 14.8. The molecule has 0 spiro atoms. The highest BCUT2D eigenvalue weighted by Gasteiger charge is 2.31. The minimum absolute atomic E-state index is 0.233. The molecular weight excluding hydrogens is 312 g/mol. The van der Waals surface area contributed by atoms with Gasteiger partial charge < -0.3 is 10.0 Å². The topological polar surface area (TPSA) is 95.4 Å². The second-order valence-corrected chi connectivity index (χ2v) is 6.38. The SMILES string of the molecule is O=C(O)C1CCN(C(=O)Nc2nnc(-c3ccsc3)s2)C1. The molecule has 0 aromatic carbocycles. The quantitative estimate of drug-likeness (QED) is 0.902. The number of aliphatic carboxylic acids is 1. The first-order valence-electron chi connectivity index (χ1n) is 6.28. The number of hydrogen-bond acceptors (Lipinski definition) is 6. The van der Waals surface area contributed by atoms with Crippen molar-refractivity contribution in [2.75, 3.05) is 18.4 Å². The highest BCUT2D eigenvalue weighted by molar-refractivity contribution is 7.19. The third-order valence-corrected chi connectivity index (χ3v) is 4.80. The molecule has 1 unspecified atom stereocenters. The zero-order valence-corrected chi connectivity index (χ0v) is 12.5. The average Bonchev–Trinajstić information content (AvgIpc) is 3.19. The highest BCUT2D eigenvalue weighted by atomic mass is 32.1. The smallest absolute Gasteiger partial charge is 0.323 e. The van der Waals surface area contributed by atoms with E-state index in [2.05, 4.69) is 15.5 Å². The molecule has 110 valence electrons. The van der Waals surface area contributed by atoms with E-state index in [1.165, 1.54) is 16.2 Å². The van der Waals surface area contributed by atoms with Crippen LogP contribution in [0.5, 0.6) is 0 Å². The molecule has 1 atom stereocenters. The lowest BCUT2D eigenvalue weighted by atomic mass is 10.1. The van der Waals surface area contributed by atoms with Crippen molar-refractivity contribution in [2.45, 2.75) is 6.42 Å². The number of nitrogens with one attached hydrogen (secondary N) is 1. The summed E-state index contributed by atoms with van der Waals surface area (Å²) in [6, 6.07) is 1.61. The van der Waals surface area contributed by atoms with E-state index in [0.717, 1.165) is 10.6 Å². The van der Waals surface area contributed by atoms with Gasteiger partial charge in [0, 0.05) is 24.0 Å². The largest absolute Gasteiger partial charge is 0.481 e. The van der Waals surface area contributed by atoms with E-state index in [0.29, 0.717) is 18.1 Å². The van der Waals surface area contributed by atoms with Crippen LogP contribution in [0.2, 0.25) is 0 Å². The number of carboxylic acids is 1. The molecule has 0 bridgehead atoms. The molecule has 1 fully saturated rings. The van der Waals surface area contributed by atoms with E-state index in [-0.39, 0.29) is 12.6 Å². The molecule has 1 saturated heterocycles. The Balaban J connectivity index is 1.62. The number of carboxylic acid groups (broad SMARTS) is 1. The van der Waals surface area contributed by atoms with Gasteiger partial charge in [-0.1, -0.05) is 11.3 Å². The molecule has 2 amide bonds. The Morgan fingerprint density at radius 3 is 2.95 bits per heavy atom. The van der Waals surface area contributed by atoms with E-state index in [4.69, 9.17) is 5.11 Å². The standard InChI is InChI=1S/C12H12N4O3S2/c17-10(18)7-1-3-16(5-7)12(19)13-11-15-14-9(21-11)8-2-4-20-6-8/h2,4,6-7H,1,3,5H2,(H,17,18)(H,13,15,19). The first kappa shape index (κ1) is 14.0. The molecule has 0 radical (unpaired) electrons. The number of hydrogen-bond donors (Lipinski definition) is 2. The molecule has 1 aliphatic heterocycles. The van der Waals surface area contributed by atoms with Crippen LogP contribution in [-0.2, 0) is 4.79 Å². The van der Waals surface area contributed by atoms with Gasteiger partial charge in [0.25, 0.3) is 0 Å². The number of aromatic nitrogens is 2. The summed E-state index contributed by atoms with van der Waals surface area (Å²) >= 11 is 2.86.